The van der Waals surface area contributed by atoms with Crippen LogP contribution in [0.3, 0.4) is 0 Å². The minimum Gasteiger partial charge on any atom is -0.488 e. The number of anilines is 1. The van der Waals surface area contributed by atoms with Crippen molar-refractivity contribution in [3.8, 4) is 5.75 Å². The standard InChI is InChI=1S/C11H13NO2/c1-12-10-5-2-8(7-13)6-11(10)14-9-3-4-9/h2,5-7,9,12H,3-4H2,1H3. The van der Waals surface area contributed by atoms with Gasteiger partial charge in [0.1, 0.15) is 12.0 Å². The summed E-state index contributed by atoms with van der Waals surface area (Å²) in [4.78, 5) is 10.6. The second kappa shape index (κ2) is 3.70. The van der Waals surface area contributed by atoms with Gasteiger partial charge < -0.3 is 10.1 Å². The zero-order chi connectivity index (χ0) is 9.97. The smallest absolute Gasteiger partial charge is 0.150 e. The van der Waals surface area contributed by atoms with Gasteiger partial charge in [0.25, 0.3) is 0 Å². The Labute approximate surface area is 83.1 Å². The molecule has 0 unspecified atom stereocenters. The van der Waals surface area contributed by atoms with E-state index in [1.54, 1.807) is 12.1 Å². The molecule has 14 heavy (non-hydrogen) atoms. The minimum absolute atomic E-state index is 0.351. The Morgan fingerprint density at radius 2 is 2.29 bits per heavy atom. The summed E-state index contributed by atoms with van der Waals surface area (Å²) in [6.07, 6.45) is 3.42. The van der Waals surface area contributed by atoms with Gasteiger partial charge in [0.05, 0.1) is 11.8 Å². The number of nitrogens with one attached hydrogen (secondary N) is 1. The lowest BCUT2D eigenvalue weighted by Gasteiger charge is -2.10. The number of hydrogen-bond acceptors (Lipinski definition) is 3. The topological polar surface area (TPSA) is 38.3 Å². The van der Waals surface area contributed by atoms with E-state index in [4.69, 9.17) is 4.74 Å². The highest BCUT2D eigenvalue weighted by molar-refractivity contribution is 5.78. The monoisotopic (exact) mass is 191 g/mol. The van der Waals surface area contributed by atoms with Gasteiger partial charge in [0.2, 0.25) is 0 Å². The van der Waals surface area contributed by atoms with Crippen LogP contribution in [0.4, 0.5) is 5.69 Å². The number of carbonyl (C=O) groups is 1. The molecular formula is C11H13NO2. The Bertz CT molecular complexity index is 345. The van der Waals surface area contributed by atoms with Gasteiger partial charge in [0, 0.05) is 12.6 Å². The molecule has 3 nitrogen and oxygen atoms in total. The van der Waals surface area contributed by atoms with Crippen molar-refractivity contribution in [1.29, 1.82) is 0 Å². The highest BCUT2D eigenvalue weighted by atomic mass is 16.5. The van der Waals surface area contributed by atoms with Gasteiger partial charge in [-0.25, -0.2) is 0 Å². The summed E-state index contributed by atoms with van der Waals surface area (Å²) in [5.74, 6) is 0.777. The van der Waals surface area contributed by atoms with Gasteiger partial charge in [0.15, 0.2) is 0 Å². The van der Waals surface area contributed by atoms with E-state index in [0.29, 0.717) is 11.7 Å². The van der Waals surface area contributed by atoms with E-state index < -0.39 is 0 Å². The molecule has 0 atom stereocenters. The number of aldehydes is 1. The summed E-state index contributed by atoms with van der Waals surface area (Å²) in [6.45, 7) is 0. The molecule has 1 saturated carbocycles. The third kappa shape index (κ3) is 1.87. The molecule has 1 aliphatic carbocycles. The van der Waals surface area contributed by atoms with Crippen LogP contribution in [0, 0.1) is 0 Å². The third-order valence-corrected chi connectivity index (χ3v) is 2.23. The molecule has 1 fully saturated rings. The highest BCUT2D eigenvalue weighted by Gasteiger charge is 2.24. The summed E-state index contributed by atoms with van der Waals surface area (Å²) < 4.78 is 5.67. The molecule has 74 valence electrons. The first-order valence-electron chi connectivity index (χ1n) is 4.77. The van der Waals surface area contributed by atoms with Crippen LogP contribution in [0.1, 0.15) is 23.2 Å². The second-order valence-corrected chi connectivity index (χ2v) is 3.44. The van der Waals surface area contributed by atoms with Crippen LogP contribution in [0.2, 0.25) is 0 Å². The third-order valence-electron chi connectivity index (χ3n) is 2.23. The van der Waals surface area contributed by atoms with Crippen LogP contribution in [0.15, 0.2) is 18.2 Å². The number of hydrogen-bond donors (Lipinski definition) is 1. The molecule has 0 spiro atoms. The van der Waals surface area contributed by atoms with Gasteiger partial charge >= 0.3 is 0 Å². The van der Waals surface area contributed by atoms with E-state index in [1.807, 2.05) is 13.1 Å². The van der Waals surface area contributed by atoms with Gasteiger partial charge in [-0.3, -0.25) is 4.79 Å². The molecule has 2 rings (SSSR count). The number of carbonyl (C=O) groups excluding carboxylic acids is 1. The fraction of sp³-hybridized carbons (Fsp3) is 0.364. The average molecular weight is 191 g/mol. The fourth-order valence-electron chi connectivity index (χ4n) is 1.28. The SMILES string of the molecule is CNc1ccc(C=O)cc1OC1CC1. The largest absolute Gasteiger partial charge is 0.488 e. The van der Waals surface area contributed by atoms with Crippen molar-refractivity contribution < 1.29 is 9.53 Å². The Morgan fingerprint density at radius 3 is 2.86 bits per heavy atom. The van der Waals surface area contributed by atoms with E-state index in [-0.39, 0.29) is 0 Å². The van der Waals surface area contributed by atoms with E-state index in [9.17, 15) is 4.79 Å². The maximum Gasteiger partial charge on any atom is 0.150 e. The second-order valence-electron chi connectivity index (χ2n) is 3.44. The summed E-state index contributed by atoms with van der Waals surface area (Å²) >= 11 is 0. The van der Waals surface area contributed by atoms with Gasteiger partial charge in [-0.2, -0.15) is 0 Å². The molecule has 1 aromatic carbocycles. The maximum absolute atomic E-state index is 10.6. The van der Waals surface area contributed by atoms with Crippen molar-refractivity contribution in [2.45, 2.75) is 18.9 Å². The number of ether oxygens (including phenoxy) is 1. The Morgan fingerprint density at radius 1 is 1.50 bits per heavy atom. The molecule has 1 N–H and O–H groups in total. The Balaban J connectivity index is 2.26. The van der Waals surface area contributed by atoms with E-state index in [2.05, 4.69) is 5.32 Å². The Kier molecular flexibility index (Phi) is 2.39. The predicted molar refractivity (Wildman–Crippen MR) is 55.0 cm³/mol. The molecule has 0 amide bonds. The van der Waals surface area contributed by atoms with E-state index >= 15 is 0 Å². The Hall–Kier alpha value is -1.51. The first-order chi connectivity index (χ1) is 6.83. The van der Waals surface area contributed by atoms with Crippen LogP contribution in [-0.2, 0) is 0 Å². The van der Waals surface area contributed by atoms with Gasteiger partial charge in [-0.15, -0.1) is 0 Å². The van der Waals surface area contributed by atoms with E-state index in [1.165, 1.54) is 0 Å². The van der Waals surface area contributed by atoms with Crippen LogP contribution < -0.4 is 10.1 Å². The van der Waals surface area contributed by atoms with Gasteiger partial charge in [-0.1, -0.05) is 0 Å². The minimum atomic E-state index is 0.351. The number of benzene rings is 1. The molecule has 0 saturated heterocycles. The molecule has 1 aromatic rings. The lowest BCUT2D eigenvalue weighted by Crippen LogP contribution is -2.00. The van der Waals surface area contributed by atoms with Crippen LogP contribution >= 0.6 is 0 Å². The fourth-order valence-corrected chi connectivity index (χ4v) is 1.28. The molecule has 0 bridgehead atoms. The summed E-state index contributed by atoms with van der Waals surface area (Å²) in [7, 11) is 1.84. The zero-order valence-corrected chi connectivity index (χ0v) is 8.12. The van der Waals surface area contributed by atoms with Crippen molar-refractivity contribution in [1.82, 2.24) is 0 Å². The van der Waals surface area contributed by atoms with Gasteiger partial charge in [-0.05, 0) is 31.0 Å². The van der Waals surface area contributed by atoms with Crippen molar-refractivity contribution in [2.24, 2.45) is 0 Å². The number of rotatable bonds is 4. The lowest BCUT2D eigenvalue weighted by atomic mass is 10.2. The maximum atomic E-state index is 10.6. The molecule has 0 radical (unpaired) electrons. The summed E-state index contributed by atoms with van der Waals surface area (Å²) in [6, 6.07) is 5.41. The first kappa shape index (κ1) is 9.06. The quantitative estimate of drug-likeness (QED) is 0.740. The van der Waals surface area contributed by atoms with Crippen molar-refractivity contribution >= 4 is 12.0 Å². The summed E-state index contributed by atoms with van der Waals surface area (Å²) in [5, 5.41) is 3.04. The molecule has 1 aliphatic rings. The van der Waals surface area contributed by atoms with Crippen molar-refractivity contribution in [3.05, 3.63) is 23.8 Å². The molecule has 0 aromatic heterocycles. The molecule has 3 heteroatoms. The normalized spacial score (nSPS) is 14.9. The van der Waals surface area contributed by atoms with Crippen molar-refractivity contribution in [2.75, 3.05) is 12.4 Å². The lowest BCUT2D eigenvalue weighted by molar-refractivity contribution is 0.112. The predicted octanol–water partition coefficient (Wildman–Crippen LogP) is 2.08. The summed E-state index contributed by atoms with van der Waals surface area (Å²) in [5.41, 5.74) is 1.59. The van der Waals surface area contributed by atoms with Crippen LogP contribution in [0.25, 0.3) is 0 Å². The molecule has 0 aliphatic heterocycles. The zero-order valence-electron chi connectivity index (χ0n) is 8.12. The van der Waals surface area contributed by atoms with Crippen LogP contribution in [-0.4, -0.2) is 19.4 Å². The molecular weight excluding hydrogens is 178 g/mol. The van der Waals surface area contributed by atoms with Crippen LogP contribution in [0.5, 0.6) is 5.75 Å². The van der Waals surface area contributed by atoms with Crippen molar-refractivity contribution in [3.63, 3.8) is 0 Å². The van der Waals surface area contributed by atoms with E-state index in [0.717, 1.165) is 30.6 Å². The molecule has 0 heterocycles. The first-order valence-corrected chi connectivity index (χ1v) is 4.77. The highest BCUT2D eigenvalue weighted by Crippen LogP contribution is 2.32. The average Bonchev–Trinajstić information content (AvgIpc) is 3.01.